The topological polar surface area (TPSA) is 84.9 Å². The molecule has 1 aromatic carbocycles. The number of nitrogens with one attached hydrogen (secondary N) is 1. The van der Waals surface area contributed by atoms with Crippen molar-refractivity contribution in [2.24, 2.45) is 0 Å². The molecule has 0 aromatic heterocycles. The van der Waals surface area contributed by atoms with E-state index < -0.39 is 10.0 Å². The number of aliphatic hydroxyl groups excluding tert-OH is 1. The van der Waals surface area contributed by atoms with Crippen LogP contribution >= 0.6 is 0 Å². The number of aryl methyl sites for hydroxylation is 1. The van der Waals surface area contributed by atoms with Gasteiger partial charge in [-0.25, -0.2) is 13.1 Å². The average molecular weight is 273 g/mol. The molecule has 1 aliphatic rings. The van der Waals surface area contributed by atoms with Crippen LogP contribution in [0.3, 0.4) is 0 Å². The molecule has 1 aliphatic heterocycles. The summed E-state index contributed by atoms with van der Waals surface area (Å²) in [7, 11) is -3.63. The maximum absolute atomic E-state index is 12.0. The summed E-state index contributed by atoms with van der Waals surface area (Å²) in [5.74, 6) is 0.982. The molecule has 0 atom stereocenters. The van der Waals surface area contributed by atoms with E-state index in [1.54, 1.807) is 13.0 Å². The molecule has 0 fully saturated rings. The zero-order valence-corrected chi connectivity index (χ0v) is 10.8. The SMILES string of the molecule is Cc1cc2c(cc1S(=O)(=O)NCCO)OCCO2. The fraction of sp³-hybridized carbons (Fsp3) is 0.455. The number of ether oxygens (including phenoxy) is 2. The van der Waals surface area contributed by atoms with Gasteiger partial charge in [-0.15, -0.1) is 0 Å². The van der Waals surface area contributed by atoms with Crippen molar-refractivity contribution in [3.05, 3.63) is 17.7 Å². The standard InChI is InChI=1S/C11H15NO5S/c1-8-6-9-10(17-5-4-16-9)7-11(8)18(14,15)12-2-3-13/h6-7,12-13H,2-5H2,1H3. The van der Waals surface area contributed by atoms with Crippen LogP contribution in [-0.2, 0) is 10.0 Å². The molecule has 0 saturated carbocycles. The third-order valence-electron chi connectivity index (χ3n) is 2.53. The normalized spacial score (nSPS) is 14.6. The summed E-state index contributed by atoms with van der Waals surface area (Å²) in [5.41, 5.74) is 0.574. The van der Waals surface area contributed by atoms with E-state index in [-0.39, 0.29) is 18.0 Å². The molecule has 2 rings (SSSR count). The zero-order valence-electron chi connectivity index (χ0n) is 9.97. The predicted molar refractivity (Wildman–Crippen MR) is 64.4 cm³/mol. The lowest BCUT2D eigenvalue weighted by molar-refractivity contribution is 0.171. The molecule has 6 nitrogen and oxygen atoms in total. The van der Waals surface area contributed by atoms with Crippen LogP contribution < -0.4 is 14.2 Å². The van der Waals surface area contributed by atoms with E-state index in [2.05, 4.69) is 4.72 Å². The van der Waals surface area contributed by atoms with Gasteiger partial charge in [0.05, 0.1) is 11.5 Å². The monoisotopic (exact) mass is 273 g/mol. The summed E-state index contributed by atoms with van der Waals surface area (Å²) in [4.78, 5) is 0.139. The van der Waals surface area contributed by atoms with Crippen LogP contribution in [0, 0.1) is 6.92 Å². The van der Waals surface area contributed by atoms with Gasteiger partial charge in [0, 0.05) is 12.6 Å². The second-order valence-electron chi connectivity index (χ2n) is 3.88. The maximum Gasteiger partial charge on any atom is 0.241 e. The summed E-state index contributed by atoms with van der Waals surface area (Å²) in [6.07, 6.45) is 0. The molecule has 0 amide bonds. The smallest absolute Gasteiger partial charge is 0.241 e. The lowest BCUT2D eigenvalue weighted by Gasteiger charge is -2.20. The van der Waals surface area contributed by atoms with Crippen molar-refractivity contribution in [2.45, 2.75) is 11.8 Å². The Morgan fingerprint density at radius 3 is 2.50 bits per heavy atom. The number of sulfonamides is 1. The number of hydrogen-bond donors (Lipinski definition) is 2. The zero-order chi connectivity index (χ0) is 13.2. The fourth-order valence-corrected chi connectivity index (χ4v) is 2.98. The average Bonchev–Trinajstić information content (AvgIpc) is 2.35. The summed E-state index contributed by atoms with van der Waals surface area (Å²) >= 11 is 0. The number of rotatable bonds is 4. The van der Waals surface area contributed by atoms with Gasteiger partial charge < -0.3 is 14.6 Å². The van der Waals surface area contributed by atoms with Gasteiger partial charge in [-0.3, -0.25) is 0 Å². The van der Waals surface area contributed by atoms with Gasteiger partial charge in [0.1, 0.15) is 13.2 Å². The molecule has 1 aromatic rings. The number of hydrogen-bond acceptors (Lipinski definition) is 5. The fourth-order valence-electron chi connectivity index (χ4n) is 1.72. The van der Waals surface area contributed by atoms with E-state index in [9.17, 15) is 8.42 Å². The summed E-state index contributed by atoms with van der Waals surface area (Å²) in [6.45, 7) is 2.28. The first-order valence-electron chi connectivity index (χ1n) is 5.55. The van der Waals surface area contributed by atoms with Crippen LogP contribution in [0.5, 0.6) is 11.5 Å². The Morgan fingerprint density at radius 1 is 1.28 bits per heavy atom. The molecular weight excluding hydrogens is 258 g/mol. The lowest BCUT2D eigenvalue weighted by atomic mass is 10.2. The van der Waals surface area contributed by atoms with Gasteiger partial charge in [0.15, 0.2) is 11.5 Å². The molecular formula is C11H15NO5S. The summed E-state index contributed by atoms with van der Waals surface area (Å²) in [6, 6.07) is 3.09. The minimum atomic E-state index is -3.63. The Hall–Kier alpha value is -1.31. The molecule has 18 heavy (non-hydrogen) atoms. The van der Waals surface area contributed by atoms with Crippen LogP contribution in [0.4, 0.5) is 0 Å². The van der Waals surface area contributed by atoms with Crippen molar-refractivity contribution in [1.29, 1.82) is 0 Å². The van der Waals surface area contributed by atoms with Crippen LogP contribution in [0.2, 0.25) is 0 Å². The first kappa shape index (κ1) is 13.1. The van der Waals surface area contributed by atoms with E-state index in [0.29, 0.717) is 30.3 Å². The molecule has 0 radical (unpaired) electrons. The highest BCUT2D eigenvalue weighted by Gasteiger charge is 2.21. The number of aliphatic hydroxyl groups is 1. The van der Waals surface area contributed by atoms with Gasteiger partial charge in [0.2, 0.25) is 10.0 Å². The highest BCUT2D eigenvalue weighted by molar-refractivity contribution is 7.89. The van der Waals surface area contributed by atoms with Crippen molar-refractivity contribution >= 4 is 10.0 Å². The minimum Gasteiger partial charge on any atom is -0.486 e. The summed E-state index contributed by atoms with van der Waals surface area (Å²) < 4.78 is 37.0. The molecule has 0 spiro atoms. The second kappa shape index (κ2) is 5.13. The predicted octanol–water partition coefficient (Wildman–Crippen LogP) is 0.0368. The number of benzene rings is 1. The molecule has 2 N–H and O–H groups in total. The van der Waals surface area contributed by atoms with E-state index in [0.717, 1.165) is 0 Å². The molecule has 7 heteroatoms. The van der Waals surface area contributed by atoms with E-state index in [1.165, 1.54) is 6.07 Å². The first-order chi connectivity index (χ1) is 8.54. The van der Waals surface area contributed by atoms with Crippen LogP contribution in [0.25, 0.3) is 0 Å². The molecule has 0 bridgehead atoms. The molecule has 0 saturated heterocycles. The van der Waals surface area contributed by atoms with Crippen molar-refractivity contribution in [1.82, 2.24) is 4.72 Å². The Labute approximate surface area is 106 Å². The maximum atomic E-state index is 12.0. The largest absolute Gasteiger partial charge is 0.486 e. The summed E-state index contributed by atoms with van der Waals surface area (Å²) in [5, 5.41) is 8.67. The van der Waals surface area contributed by atoms with Gasteiger partial charge in [-0.1, -0.05) is 0 Å². The molecule has 1 heterocycles. The Balaban J connectivity index is 2.39. The molecule has 100 valence electrons. The van der Waals surface area contributed by atoms with Crippen molar-refractivity contribution in [2.75, 3.05) is 26.4 Å². The van der Waals surface area contributed by atoms with E-state index in [4.69, 9.17) is 14.6 Å². The van der Waals surface area contributed by atoms with Gasteiger partial charge in [-0.2, -0.15) is 0 Å². The van der Waals surface area contributed by atoms with Gasteiger partial charge in [-0.05, 0) is 18.6 Å². The van der Waals surface area contributed by atoms with Crippen molar-refractivity contribution < 1.29 is 23.0 Å². The highest BCUT2D eigenvalue weighted by atomic mass is 32.2. The quantitative estimate of drug-likeness (QED) is 0.809. The molecule has 0 unspecified atom stereocenters. The first-order valence-corrected chi connectivity index (χ1v) is 7.03. The minimum absolute atomic E-state index is 0.0176. The van der Waals surface area contributed by atoms with Crippen LogP contribution in [0.15, 0.2) is 17.0 Å². The highest BCUT2D eigenvalue weighted by Crippen LogP contribution is 2.34. The van der Waals surface area contributed by atoms with Crippen molar-refractivity contribution in [3.8, 4) is 11.5 Å². The van der Waals surface area contributed by atoms with Gasteiger partial charge in [0.25, 0.3) is 0 Å². The Bertz CT molecular complexity index is 541. The van der Waals surface area contributed by atoms with Crippen LogP contribution in [0.1, 0.15) is 5.56 Å². The lowest BCUT2D eigenvalue weighted by Crippen LogP contribution is -2.27. The third kappa shape index (κ3) is 2.58. The van der Waals surface area contributed by atoms with Gasteiger partial charge >= 0.3 is 0 Å². The second-order valence-corrected chi connectivity index (χ2v) is 5.62. The molecule has 0 aliphatic carbocycles. The van der Waals surface area contributed by atoms with E-state index >= 15 is 0 Å². The Morgan fingerprint density at radius 2 is 1.89 bits per heavy atom. The third-order valence-corrected chi connectivity index (χ3v) is 4.14. The van der Waals surface area contributed by atoms with Crippen LogP contribution in [-0.4, -0.2) is 39.9 Å². The van der Waals surface area contributed by atoms with Crippen molar-refractivity contribution in [3.63, 3.8) is 0 Å². The van der Waals surface area contributed by atoms with E-state index in [1.807, 2.05) is 0 Å². The number of fused-ring (bicyclic) bond motifs is 1. The Kier molecular flexibility index (Phi) is 3.74.